The lowest BCUT2D eigenvalue weighted by Gasteiger charge is -2.30. The second kappa shape index (κ2) is 10.4. The molecule has 1 atom stereocenters. The molecule has 0 saturated carbocycles. The molecule has 1 aliphatic heterocycles. The molecule has 0 spiro atoms. The molecular formula is C22H24ClF2N3O3S. The Morgan fingerprint density at radius 2 is 1.88 bits per heavy atom. The van der Waals surface area contributed by atoms with Gasteiger partial charge in [-0.05, 0) is 31.3 Å². The number of likely N-dealkylation sites (N-methyl/N-ethyl adjacent to an activating group) is 1. The Kier molecular flexibility index (Phi) is 7.86. The van der Waals surface area contributed by atoms with Crippen LogP contribution in [0.1, 0.15) is 13.8 Å². The van der Waals surface area contributed by atoms with Crippen molar-refractivity contribution in [1.82, 2.24) is 9.88 Å². The number of nitrogens with zero attached hydrogens (tertiary/aromatic N) is 3. The van der Waals surface area contributed by atoms with Gasteiger partial charge in [0.15, 0.2) is 22.4 Å². The van der Waals surface area contributed by atoms with Crippen molar-refractivity contribution in [3.63, 3.8) is 0 Å². The fourth-order valence-corrected chi connectivity index (χ4v) is 4.49. The van der Waals surface area contributed by atoms with E-state index in [1.54, 1.807) is 18.2 Å². The largest absolute Gasteiger partial charge is 0.485 e. The quantitative estimate of drug-likeness (QED) is 0.495. The number of rotatable bonds is 7. The van der Waals surface area contributed by atoms with Gasteiger partial charge in [-0.2, -0.15) is 0 Å². The number of carbonyl (C=O) groups excluding carboxylic acids is 1. The number of thiazole rings is 1. The summed E-state index contributed by atoms with van der Waals surface area (Å²) in [6.45, 7) is 6.75. The third kappa shape index (κ3) is 4.95. The van der Waals surface area contributed by atoms with Gasteiger partial charge in [-0.1, -0.05) is 37.3 Å². The van der Waals surface area contributed by atoms with Crippen LogP contribution in [-0.4, -0.2) is 54.7 Å². The fourth-order valence-electron chi connectivity index (χ4n) is 3.46. The van der Waals surface area contributed by atoms with Crippen LogP contribution in [0, 0.1) is 11.6 Å². The van der Waals surface area contributed by atoms with Gasteiger partial charge in [-0.15, -0.1) is 12.4 Å². The normalized spacial score (nSPS) is 15.0. The van der Waals surface area contributed by atoms with Gasteiger partial charge in [0.2, 0.25) is 6.10 Å². The van der Waals surface area contributed by atoms with E-state index in [1.807, 2.05) is 19.9 Å². The SMILES string of the molecule is CCN(CC)CCN(C(=O)C1COc2ccccc2O1)c1nc2c(F)cc(F)cc2s1.Cl. The zero-order chi connectivity index (χ0) is 22.0. The lowest BCUT2D eigenvalue weighted by atomic mass is 10.2. The first-order valence-electron chi connectivity index (χ1n) is 10.2. The first-order chi connectivity index (χ1) is 15.0. The molecule has 2 aromatic carbocycles. The van der Waals surface area contributed by atoms with Gasteiger partial charge < -0.3 is 14.4 Å². The molecule has 172 valence electrons. The third-order valence-corrected chi connectivity index (χ3v) is 6.24. The van der Waals surface area contributed by atoms with Crippen LogP contribution in [0.2, 0.25) is 0 Å². The van der Waals surface area contributed by atoms with E-state index < -0.39 is 17.7 Å². The van der Waals surface area contributed by atoms with E-state index in [9.17, 15) is 13.6 Å². The number of fused-ring (bicyclic) bond motifs is 2. The molecule has 1 aliphatic rings. The number of hydrogen-bond acceptors (Lipinski definition) is 6. The van der Waals surface area contributed by atoms with Crippen LogP contribution in [0.4, 0.5) is 13.9 Å². The number of para-hydroxylation sites is 2. The highest BCUT2D eigenvalue weighted by Gasteiger charge is 2.33. The maximum atomic E-state index is 14.2. The van der Waals surface area contributed by atoms with E-state index >= 15 is 0 Å². The van der Waals surface area contributed by atoms with Gasteiger partial charge in [0.25, 0.3) is 5.91 Å². The summed E-state index contributed by atoms with van der Waals surface area (Å²) in [5, 5.41) is 0.305. The zero-order valence-corrected chi connectivity index (χ0v) is 19.3. The summed E-state index contributed by atoms with van der Waals surface area (Å²) in [6.07, 6.45) is -0.861. The smallest absolute Gasteiger partial charge is 0.273 e. The molecule has 3 aromatic rings. The molecule has 1 aromatic heterocycles. The Labute approximate surface area is 195 Å². The molecule has 1 amide bonds. The molecule has 0 aliphatic carbocycles. The summed E-state index contributed by atoms with van der Waals surface area (Å²) in [5.41, 5.74) is 0.0493. The summed E-state index contributed by atoms with van der Waals surface area (Å²) >= 11 is 1.08. The minimum Gasteiger partial charge on any atom is -0.485 e. The zero-order valence-electron chi connectivity index (χ0n) is 17.7. The molecule has 0 N–H and O–H groups in total. The second-order valence-corrected chi connectivity index (χ2v) is 8.12. The lowest BCUT2D eigenvalue weighted by molar-refractivity contribution is -0.127. The number of halogens is 3. The van der Waals surface area contributed by atoms with E-state index in [-0.39, 0.29) is 30.4 Å². The molecule has 0 saturated heterocycles. The molecule has 2 heterocycles. The Morgan fingerprint density at radius 1 is 1.16 bits per heavy atom. The van der Waals surface area contributed by atoms with Crippen molar-refractivity contribution < 1.29 is 23.0 Å². The molecule has 0 fully saturated rings. The summed E-state index contributed by atoms with van der Waals surface area (Å²) in [7, 11) is 0. The van der Waals surface area contributed by atoms with Crippen molar-refractivity contribution in [1.29, 1.82) is 0 Å². The molecule has 4 rings (SSSR count). The number of ether oxygens (including phenoxy) is 2. The number of benzene rings is 2. The highest BCUT2D eigenvalue weighted by molar-refractivity contribution is 7.22. The number of aromatic nitrogens is 1. The average Bonchev–Trinajstić information content (AvgIpc) is 3.20. The van der Waals surface area contributed by atoms with Gasteiger partial charge in [-0.3, -0.25) is 9.69 Å². The molecule has 1 unspecified atom stereocenters. The Morgan fingerprint density at radius 3 is 2.59 bits per heavy atom. The Bertz CT molecular complexity index is 1090. The molecule has 10 heteroatoms. The summed E-state index contributed by atoms with van der Waals surface area (Å²) in [6, 6.07) is 9.17. The Balaban J connectivity index is 0.00000289. The minimum atomic E-state index is -0.861. The van der Waals surface area contributed by atoms with Crippen molar-refractivity contribution in [2.75, 3.05) is 37.7 Å². The highest BCUT2D eigenvalue weighted by Crippen LogP contribution is 2.34. The number of amides is 1. The van der Waals surface area contributed by atoms with Crippen molar-refractivity contribution >= 4 is 45.0 Å². The predicted octanol–water partition coefficient (Wildman–Crippen LogP) is 4.51. The monoisotopic (exact) mass is 483 g/mol. The first-order valence-corrected chi connectivity index (χ1v) is 11.0. The second-order valence-electron chi connectivity index (χ2n) is 7.11. The number of anilines is 1. The van der Waals surface area contributed by atoms with Crippen LogP contribution in [0.3, 0.4) is 0 Å². The standard InChI is InChI=1S/C22H23F2N3O3S.ClH/c1-3-26(4-2)9-10-27(22-25-20-15(24)11-14(23)12-19(20)31-22)21(28)18-13-29-16-7-5-6-8-17(16)30-18;/h5-8,11-12,18H,3-4,9-10,13H2,1-2H3;1H. The van der Waals surface area contributed by atoms with Crippen LogP contribution < -0.4 is 14.4 Å². The predicted molar refractivity (Wildman–Crippen MR) is 123 cm³/mol. The molecular weight excluding hydrogens is 460 g/mol. The van der Waals surface area contributed by atoms with Crippen LogP contribution in [0.5, 0.6) is 11.5 Å². The van der Waals surface area contributed by atoms with Crippen LogP contribution >= 0.6 is 23.7 Å². The van der Waals surface area contributed by atoms with Gasteiger partial charge in [-0.25, -0.2) is 13.8 Å². The maximum absolute atomic E-state index is 14.2. The number of hydrogen-bond donors (Lipinski definition) is 0. The highest BCUT2D eigenvalue weighted by atomic mass is 35.5. The van der Waals surface area contributed by atoms with Crippen LogP contribution in [-0.2, 0) is 4.79 Å². The minimum absolute atomic E-state index is 0. The molecule has 6 nitrogen and oxygen atoms in total. The van der Waals surface area contributed by atoms with Crippen molar-refractivity contribution in [2.45, 2.75) is 20.0 Å². The van der Waals surface area contributed by atoms with Gasteiger partial charge in [0.1, 0.15) is 17.9 Å². The topological polar surface area (TPSA) is 54.9 Å². The summed E-state index contributed by atoms with van der Waals surface area (Å²) in [5.74, 6) is -0.685. The summed E-state index contributed by atoms with van der Waals surface area (Å²) in [4.78, 5) is 21.4. The molecule has 0 bridgehead atoms. The van der Waals surface area contributed by atoms with E-state index in [2.05, 4.69) is 9.88 Å². The number of carbonyl (C=O) groups is 1. The van der Waals surface area contributed by atoms with Gasteiger partial charge >= 0.3 is 0 Å². The van der Waals surface area contributed by atoms with E-state index in [0.717, 1.165) is 30.5 Å². The van der Waals surface area contributed by atoms with Crippen molar-refractivity contribution in [2.24, 2.45) is 0 Å². The van der Waals surface area contributed by atoms with E-state index in [4.69, 9.17) is 9.47 Å². The lowest BCUT2D eigenvalue weighted by Crippen LogP contribution is -2.48. The van der Waals surface area contributed by atoms with Crippen LogP contribution in [0.25, 0.3) is 10.2 Å². The van der Waals surface area contributed by atoms with E-state index in [1.165, 1.54) is 11.0 Å². The third-order valence-electron chi connectivity index (χ3n) is 5.22. The van der Waals surface area contributed by atoms with Crippen molar-refractivity contribution in [3.05, 3.63) is 48.0 Å². The van der Waals surface area contributed by atoms with E-state index in [0.29, 0.717) is 34.4 Å². The van der Waals surface area contributed by atoms with Crippen LogP contribution in [0.15, 0.2) is 36.4 Å². The fraction of sp³-hybridized carbons (Fsp3) is 0.364. The van der Waals surface area contributed by atoms with Gasteiger partial charge in [0, 0.05) is 19.2 Å². The molecule has 0 radical (unpaired) electrons. The van der Waals surface area contributed by atoms with Gasteiger partial charge in [0.05, 0.1) is 4.70 Å². The van der Waals surface area contributed by atoms with Crippen molar-refractivity contribution in [3.8, 4) is 11.5 Å². The molecule has 32 heavy (non-hydrogen) atoms. The summed E-state index contributed by atoms with van der Waals surface area (Å²) < 4.78 is 39.8. The maximum Gasteiger partial charge on any atom is 0.273 e. The average molecular weight is 484 g/mol. The Hall–Kier alpha value is -2.49. The first kappa shape index (κ1) is 24.2.